The topological polar surface area (TPSA) is 53.1 Å². The van der Waals surface area contributed by atoms with Gasteiger partial charge in [0.15, 0.2) is 0 Å². The Morgan fingerprint density at radius 2 is 1.74 bits per heavy atom. The lowest BCUT2D eigenvalue weighted by Crippen LogP contribution is -2.51. The van der Waals surface area contributed by atoms with Gasteiger partial charge in [-0.25, -0.2) is 0 Å². The molecule has 0 atom stereocenters. The fourth-order valence-electron chi connectivity index (χ4n) is 5.06. The van der Waals surface area contributed by atoms with E-state index in [4.69, 9.17) is 4.74 Å². The highest BCUT2D eigenvalue weighted by Gasteiger charge is 2.27. The van der Waals surface area contributed by atoms with Gasteiger partial charge < -0.3 is 14.5 Å². The molecule has 0 spiro atoms. The standard InChI is InChI=1S/C29H45N3O3/c1-29(2,3)23-27(33)31-20-17-30(18-21-31)19-22-32(28(34)25-12-6-5-7-13-25)16-10-14-24-11-8-9-15-26(24)35-4/h8-11,14-15,25H,5-7,12-13,16-23H2,1-4H3. The van der Waals surface area contributed by atoms with E-state index in [1.165, 1.54) is 6.42 Å². The zero-order valence-electron chi connectivity index (χ0n) is 22.3. The van der Waals surface area contributed by atoms with Crippen LogP contribution in [0, 0.1) is 11.3 Å². The fraction of sp³-hybridized carbons (Fsp3) is 0.655. The Labute approximate surface area is 212 Å². The van der Waals surface area contributed by atoms with E-state index in [1.54, 1.807) is 7.11 Å². The van der Waals surface area contributed by atoms with Gasteiger partial charge in [-0.3, -0.25) is 14.5 Å². The number of nitrogens with zero attached hydrogens (tertiary/aromatic N) is 3. The van der Waals surface area contributed by atoms with Crippen molar-refractivity contribution in [1.82, 2.24) is 14.7 Å². The van der Waals surface area contributed by atoms with E-state index < -0.39 is 0 Å². The number of amides is 2. The van der Waals surface area contributed by atoms with Crippen molar-refractivity contribution >= 4 is 17.9 Å². The number of para-hydroxylation sites is 1. The second-order valence-corrected chi connectivity index (χ2v) is 11.2. The highest BCUT2D eigenvalue weighted by atomic mass is 16.5. The first kappa shape index (κ1) is 27.3. The van der Waals surface area contributed by atoms with Crippen molar-refractivity contribution in [3.05, 3.63) is 35.9 Å². The number of ether oxygens (including phenoxy) is 1. The van der Waals surface area contributed by atoms with Crippen LogP contribution in [0.4, 0.5) is 0 Å². The molecule has 1 aliphatic heterocycles. The predicted octanol–water partition coefficient (Wildman–Crippen LogP) is 4.70. The zero-order chi connectivity index (χ0) is 25.3. The quantitative estimate of drug-likeness (QED) is 0.511. The van der Waals surface area contributed by atoms with Crippen LogP contribution in [-0.2, 0) is 9.59 Å². The number of methoxy groups -OCH3 is 1. The Balaban J connectivity index is 1.56. The maximum absolute atomic E-state index is 13.4. The second-order valence-electron chi connectivity index (χ2n) is 11.2. The third-order valence-electron chi connectivity index (χ3n) is 7.12. The molecular weight excluding hydrogens is 438 g/mol. The van der Waals surface area contributed by atoms with Crippen molar-refractivity contribution in [3.8, 4) is 5.75 Å². The average molecular weight is 484 g/mol. The van der Waals surface area contributed by atoms with Crippen LogP contribution in [-0.4, -0.2) is 79.4 Å². The van der Waals surface area contributed by atoms with Gasteiger partial charge in [0, 0.05) is 63.7 Å². The van der Waals surface area contributed by atoms with Gasteiger partial charge >= 0.3 is 0 Å². The summed E-state index contributed by atoms with van der Waals surface area (Å²) < 4.78 is 5.46. The van der Waals surface area contributed by atoms with Gasteiger partial charge in [0.1, 0.15) is 5.75 Å². The predicted molar refractivity (Wildman–Crippen MR) is 142 cm³/mol. The van der Waals surface area contributed by atoms with E-state index in [-0.39, 0.29) is 17.2 Å². The average Bonchev–Trinajstić information content (AvgIpc) is 2.85. The van der Waals surface area contributed by atoms with Crippen molar-refractivity contribution in [2.75, 3.05) is 52.9 Å². The molecule has 2 aliphatic rings. The minimum absolute atomic E-state index is 0.0193. The second kappa shape index (κ2) is 13.1. The summed E-state index contributed by atoms with van der Waals surface area (Å²) in [4.78, 5) is 32.4. The van der Waals surface area contributed by atoms with Gasteiger partial charge in [-0.05, 0) is 24.3 Å². The van der Waals surface area contributed by atoms with E-state index in [9.17, 15) is 9.59 Å². The third kappa shape index (κ3) is 8.68. The van der Waals surface area contributed by atoms with Crippen LogP contribution in [0.5, 0.6) is 5.75 Å². The number of piperazine rings is 1. The molecule has 0 unspecified atom stereocenters. The summed E-state index contributed by atoms with van der Waals surface area (Å²) in [5, 5.41) is 0. The Morgan fingerprint density at radius 1 is 1.06 bits per heavy atom. The van der Waals surface area contributed by atoms with Crippen LogP contribution in [0.2, 0.25) is 0 Å². The Kier molecular flexibility index (Phi) is 10.2. The Hall–Kier alpha value is -2.34. The molecule has 1 saturated heterocycles. The molecule has 35 heavy (non-hydrogen) atoms. The van der Waals surface area contributed by atoms with Crippen molar-refractivity contribution in [2.45, 2.75) is 59.3 Å². The maximum atomic E-state index is 13.4. The summed E-state index contributed by atoms with van der Waals surface area (Å²) in [5.74, 6) is 1.56. The van der Waals surface area contributed by atoms with Crippen LogP contribution >= 0.6 is 0 Å². The number of hydrogen-bond donors (Lipinski definition) is 0. The molecule has 0 aromatic heterocycles. The normalized spacial score (nSPS) is 18.1. The fourth-order valence-corrected chi connectivity index (χ4v) is 5.06. The molecule has 0 bridgehead atoms. The van der Waals surface area contributed by atoms with Crippen molar-refractivity contribution in [3.63, 3.8) is 0 Å². The molecule has 6 nitrogen and oxygen atoms in total. The summed E-state index contributed by atoms with van der Waals surface area (Å²) in [5.41, 5.74) is 1.04. The van der Waals surface area contributed by atoms with Gasteiger partial charge in [0.25, 0.3) is 0 Å². The largest absolute Gasteiger partial charge is 0.496 e. The van der Waals surface area contributed by atoms with Gasteiger partial charge in [0.05, 0.1) is 7.11 Å². The first-order chi connectivity index (χ1) is 16.8. The minimum atomic E-state index is 0.0193. The number of hydrogen-bond acceptors (Lipinski definition) is 4. The van der Waals surface area contributed by atoms with Gasteiger partial charge in [-0.2, -0.15) is 0 Å². The van der Waals surface area contributed by atoms with Crippen molar-refractivity contribution in [1.29, 1.82) is 0 Å². The maximum Gasteiger partial charge on any atom is 0.226 e. The molecule has 0 radical (unpaired) electrons. The lowest BCUT2D eigenvalue weighted by Gasteiger charge is -2.37. The molecule has 0 N–H and O–H groups in total. The minimum Gasteiger partial charge on any atom is -0.496 e. The number of carbonyl (C=O) groups is 2. The summed E-state index contributed by atoms with van der Waals surface area (Å²) in [6.07, 6.45) is 10.3. The SMILES string of the molecule is COc1ccccc1C=CCN(CCN1CCN(C(=O)CC(C)(C)C)CC1)C(=O)C1CCCCC1. The zero-order valence-corrected chi connectivity index (χ0v) is 22.3. The molecule has 1 aromatic carbocycles. The molecule has 2 amide bonds. The lowest BCUT2D eigenvalue weighted by molar-refractivity contribution is -0.136. The van der Waals surface area contributed by atoms with Crippen LogP contribution in [0.1, 0.15) is 64.9 Å². The molecule has 1 heterocycles. The van der Waals surface area contributed by atoms with E-state index >= 15 is 0 Å². The first-order valence-electron chi connectivity index (χ1n) is 13.4. The van der Waals surface area contributed by atoms with E-state index in [0.29, 0.717) is 18.9 Å². The first-order valence-corrected chi connectivity index (χ1v) is 13.4. The number of carbonyl (C=O) groups excluding carboxylic acids is 2. The van der Waals surface area contributed by atoms with Gasteiger partial charge in [-0.1, -0.05) is 70.4 Å². The smallest absolute Gasteiger partial charge is 0.226 e. The molecule has 194 valence electrons. The third-order valence-corrected chi connectivity index (χ3v) is 7.12. The van der Waals surface area contributed by atoms with Crippen LogP contribution < -0.4 is 4.74 Å². The number of rotatable bonds is 9. The molecule has 6 heteroatoms. The monoisotopic (exact) mass is 483 g/mol. The van der Waals surface area contributed by atoms with E-state index in [0.717, 1.165) is 76.3 Å². The number of benzene rings is 1. The van der Waals surface area contributed by atoms with E-state index in [1.807, 2.05) is 34.1 Å². The highest BCUT2D eigenvalue weighted by molar-refractivity contribution is 5.79. The summed E-state index contributed by atoms with van der Waals surface area (Å²) in [6.45, 7) is 11.8. The molecule has 2 fully saturated rings. The van der Waals surface area contributed by atoms with Gasteiger partial charge in [-0.15, -0.1) is 0 Å². The van der Waals surface area contributed by atoms with Crippen LogP contribution in [0.15, 0.2) is 30.3 Å². The summed E-state index contributed by atoms with van der Waals surface area (Å²) in [6, 6.07) is 7.95. The van der Waals surface area contributed by atoms with Crippen LogP contribution in [0.25, 0.3) is 6.08 Å². The Morgan fingerprint density at radius 3 is 2.40 bits per heavy atom. The molecule has 3 rings (SSSR count). The molecule has 1 saturated carbocycles. The summed E-state index contributed by atoms with van der Waals surface area (Å²) >= 11 is 0. The summed E-state index contributed by atoms with van der Waals surface area (Å²) in [7, 11) is 1.68. The highest BCUT2D eigenvalue weighted by Crippen LogP contribution is 2.26. The molecule has 1 aliphatic carbocycles. The van der Waals surface area contributed by atoms with Crippen LogP contribution in [0.3, 0.4) is 0 Å². The lowest BCUT2D eigenvalue weighted by atomic mass is 9.88. The van der Waals surface area contributed by atoms with Gasteiger partial charge in [0.2, 0.25) is 11.8 Å². The van der Waals surface area contributed by atoms with Crippen molar-refractivity contribution < 1.29 is 14.3 Å². The van der Waals surface area contributed by atoms with E-state index in [2.05, 4.69) is 37.8 Å². The molecule has 1 aromatic rings. The Bertz CT molecular complexity index is 847. The molecular formula is C29H45N3O3. The van der Waals surface area contributed by atoms with Crippen molar-refractivity contribution in [2.24, 2.45) is 11.3 Å².